The number of nitrogens with one attached hydrogen (secondary N) is 1. The van der Waals surface area contributed by atoms with Crippen LogP contribution in [0.1, 0.15) is 18.7 Å². The number of benzene rings is 1. The van der Waals surface area contributed by atoms with Crippen molar-refractivity contribution in [3.63, 3.8) is 0 Å². The van der Waals surface area contributed by atoms with E-state index < -0.39 is 0 Å². The summed E-state index contributed by atoms with van der Waals surface area (Å²) in [4.78, 5) is 1.31. The maximum atomic E-state index is 9.35. The topological polar surface area (TPSA) is 32.3 Å². The Morgan fingerprint density at radius 1 is 1.33 bits per heavy atom. The normalized spacial score (nSPS) is 11.4. The van der Waals surface area contributed by atoms with E-state index in [0.29, 0.717) is 11.8 Å². The Morgan fingerprint density at radius 3 is 2.87 bits per heavy atom. The first-order valence-electron chi connectivity index (χ1n) is 5.10. The third-order valence-corrected chi connectivity index (χ3v) is 3.34. The molecule has 0 spiro atoms. The van der Waals surface area contributed by atoms with Crippen molar-refractivity contribution in [1.82, 2.24) is 5.32 Å². The summed E-state index contributed by atoms with van der Waals surface area (Å²) in [5.41, 5.74) is 0. The molecule has 0 aliphatic heterocycles. The predicted octanol–water partition coefficient (Wildman–Crippen LogP) is 3.10. The Hall–Kier alpha value is -1.06. The fourth-order valence-corrected chi connectivity index (χ4v) is 2.52. The summed E-state index contributed by atoms with van der Waals surface area (Å²) in [6.45, 7) is 5.18. The van der Waals surface area contributed by atoms with Crippen molar-refractivity contribution in [2.24, 2.45) is 0 Å². The Kier molecular flexibility index (Phi) is 2.93. The van der Waals surface area contributed by atoms with Gasteiger partial charge in [-0.15, -0.1) is 11.3 Å². The number of thiophene rings is 1. The number of hydrogen-bond donors (Lipinski definition) is 2. The minimum Gasteiger partial charge on any atom is -0.508 e. The molecule has 0 radical (unpaired) electrons. The van der Waals surface area contributed by atoms with E-state index in [1.165, 1.54) is 10.3 Å². The van der Waals surface area contributed by atoms with Crippen molar-refractivity contribution in [1.29, 1.82) is 0 Å². The standard InChI is InChI=1S/C12H15NOS/c1-8(2)13-7-11-5-9-3-4-10(14)6-12(9)15-11/h3-6,8,13-14H,7H2,1-2H3. The summed E-state index contributed by atoms with van der Waals surface area (Å²) < 4.78 is 1.15. The summed E-state index contributed by atoms with van der Waals surface area (Å²) in [7, 11) is 0. The van der Waals surface area contributed by atoms with E-state index in [-0.39, 0.29) is 0 Å². The fraction of sp³-hybridized carbons (Fsp3) is 0.333. The van der Waals surface area contributed by atoms with Crippen LogP contribution in [-0.2, 0) is 6.54 Å². The van der Waals surface area contributed by atoms with Crippen molar-refractivity contribution in [2.45, 2.75) is 26.4 Å². The van der Waals surface area contributed by atoms with E-state index in [9.17, 15) is 5.11 Å². The van der Waals surface area contributed by atoms with Gasteiger partial charge < -0.3 is 10.4 Å². The number of phenolic OH excluding ortho intramolecular Hbond substituents is 1. The molecule has 0 aliphatic carbocycles. The number of hydrogen-bond acceptors (Lipinski definition) is 3. The van der Waals surface area contributed by atoms with Gasteiger partial charge in [0.15, 0.2) is 0 Å². The van der Waals surface area contributed by atoms with Gasteiger partial charge in [0, 0.05) is 22.2 Å². The van der Waals surface area contributed by atoms with Crippen molar-refractivity contribution in [2.75, 3.05) is 0 Å². The lowest BCUT2D eigenvalue weighted by molar-refractivity contribution is 0.476. The van der Waals surface area contributed by atoms with Gasteiger partial charge in [-0.05, 0) is 29.7 Å². The molecule has 3 heteroatoms. The molecule has 0 saturated carbocycles. The molecular formula is C12H15NOS. The van der Waals surface area contributed by atoms with E-state index in [2.05, 4.69) is 25.2 Å². The van der Waals surface area contributed by atoms with Crippen LogP contribution < -0.4 is 5.32 Å². The summed E-state index contributed by atoms with van der Waals surface area (Å²) in [6, 6.07) is 8.19. The highest BCUT2D eigenvalue weighted by molar-refractivity contribution is 7.19. The quantitative estimate of drug-likeness (QED) is 0.834. The molecule has 0 atom stereocenters. The van der Waals surface area contributed by atoms with Gasteiger partial charge in [-0.1, -0.05) is 13.8 Å². The highest BCUT2D eigenvalue weighted by atomic mass is 32.1. The fourth-order valence-electron chi connectivity index (χ4n) is 1.47. The van der Waals surface area contributed by atoms with Crippen LogP contribution in [0, 0.1) is 0 Å². The van der Waals surface area contributed by atoms with Gasteiger partial charge in [-0.3, -0.25) is 0 Å². The Morgan fingerprint density at radius 2 is 2.13 bits per heavy atom. The molecular weight excluding hydrogens is 206 g/mol. The molecule has 2 aromatic rings. The summed E-state index contributed by atoms with van der Waals surface area (Å²) in [6.07, 6.45) is 0. The lowest BCUT2D eigenvalue weighted by Crippen LogP contribution is -2.21. The molecule has 1 aromatic carbocycles. The Bertz CT molecular complexity index is 462. The van der Waals surface area contributed by atoms with Crippen molar-refractivity contribution >= 4 is 21.4 Å². The third kappa shape index (κ3) is 2.49. The molecule has 0 saturated heterocycles. The van der Waals surface area contributed by atoms with E-state index >= 15 is 0 Å². The molecule has 2 nitrogen and oxygen atoms in total. The van der Waals surface area contributed by atoms with Gasteiger partial charge >= 0.3 is 0 Å². The summed E-state index contributed by atoms with van der Waals surface area (Å²) in [5.74, 6) is 0.340. The van der Waals surface area contributed by atoms with Gasteiger partial charge in [0.2, 0.25) is 0 Å². The van der Waals surface area contributed by atoms with Crippen LogP contribution in [0.3, 0.4) is 0 Å². The van der Waals surface area contributed by atoms with Gasteiger partial charge in [-0.2, -0.15) is 0 Å². The van der Waals surface area contributed by atoms with E-state index in [1.54, 1.807) is 17.4 Å². The monoisotopic (exact) mass is 221 g/mol. The molecule has 0 amide bonds. The molecule has 2 rings (SSSR count). The second-order valence-corrected chi connectivity index (χ2v) is 5.14. The third-order valence-electron chi connectivity index (χ3n) is 2.24. The average molecular weight is 221 g/mol. The van der Waals surface area contributed by atoms with E-state index in [1.807, 2.05) is 12.1 Å². The summed E-state index contributed by atoms with van der Waals surface area (Å²) in [5, 5.41) is 13.9. The highest BCUT2D eigenvalue weighted by Gasteiger charge is 2.02. The maximum absolute atomic E-state index is 9.35. The molecule has 0 unspecified atom stereocenters. The van der Waals surface area contributed by atoms with Crippen molar-refractivity contribution in [3.8, 4) is 5.75 Å². The summed E-state index contributed by atoms with van der Waals surface area (Å²) >= 11 is 1.73. The second-order valence-electron chi connectivity index (χ2n) is 3.97. The Balaban J connectivity index is 2.23. The first-order chi connectivity index (χ1) is 7.15. The smallest absolute Gasteiger partial charge is 0.117 e. The van der Waals surface area contributed by atoms with Crippen LogP contribution in [0.15, 0.2) is 24.3 Å². The van der Waals surface area contributed by atoms with Crippen LogP contribution in [0.5, 0.6) is 5.75 Å². The lowest BCUT2D eigenvalue weighted by atomic mass is 10.2. The van der Waals surface area contributed by atoms with Crippen LogP contribution in [0.25, 0.3) is 10.1 Å². The predicted molar refractivity (Wildman–Crippen MR) is 65.5 cm³/mol. The molecule has 80 valence electrons. The molecule has 2 N–H and O–H groups in total. The number of fused-ring (bicyclic) bond motifs is 1. The molecule has 0 fully saturated rings. The van der Waals surface area contributed by atoms with Crippen LogP contribution in [0.2, 0.25) is 0 Å². The zero-order valence-electron chi connectivity index (χ0n) is 8.95. The maximum Gasteiger partial charge on any atom is 0.117 e. The van der Waals surface area contributed by atoms with Crippen molar-refractivity contribution < 1.29 is 5.11 Å². The Labute approximate surface area is 93.6 Å². The van der Waals surface area contributed by atoms with Gasteiger partial charge in [-0.25, -0.2) is 0 Å². The molecule has 1 aromatic heterocycles. The lowest BCUT2D eigenvalue weighted by Gasteiger charge is -2.04. The van der Waals surface area contributed by atoms with E-state index in [4.69, 9.17) is 0 Å². The minimum atomic E-state index is 0.340. The number of rotatable bonds is 3. The molecule has 0 bridgehead atoms. The number of phenols is 1. The van der Waals surface area contributed by atoms with Crippen LogP contribution >= 0.6 is 11.3 Å². The molecule has 0 aliphatic rings. The second kappa shape index (κ2) is 4.21. The highest BCUT2D eigenvalue weighted by Crippen LogP contribution is 2.28. The average Bonchev–Trinajstić information content (AvgIpc) is 2.56. The zero-order chi connectivity index (χ0) is 10.8. The van der Waals surface area contributed by atoms with Crippen molar-refractivity contribution in [3.05, 3.63) is 29.1 Å². The van der Waals surface area contributed by atoms with Gasteiger partial charge in [0.05, 0.1) is 0 Å². The molecule has 15 heavy (non-hydrogen) atoms. The van der Waals surface area contributed by atoms with Crippen LogP contribution in [0.4, 0.5) is 0 Å². The largest absolute Gasteiger partial charge is 0.508 e. The molecule has 1 heterocycles. The first kappa shape index (κ1) is 10.5. The van der Waals surface area contributed by atoms with E-state index in [0.717, 1.165) is 11.2 Å². The van der Waals surface area contributed by atoms with Crippen LogP contribution in [-0.4, -0.2) is 11.1 Å². The zero-order valence-corrected chi connectivity index (χ0v) is 9.77. The van der Waals surface area contributed by atoms with Gasteiger partial charge in [0.1, 0.15) is 5.75 Å². The minimum absolute atomic E-state index is 0.340. The number of aromatic hydroxyl groups is 1. The SMILES string of the molecule is CC(C)NCc1cc2ccc(O)cc2s1. The van der Waals surface area contributed by atoms with Gasteiger partial charge in [0.25, 0.3) is 0 Å². The first-order valence-corrected chi connectivity index (χ1v) is 5.91.